The van der Waals surface area contributed by atoms with Crippen molar-refractivity contribution in [2.24, 2.45) is 5.41 Å². The Kier molecular flexibility index (Phi) is 1.55. The summed E-state index contributed by atoms with van der Waals surface area (Å²) in [6, 6.07) is 0. The van der Waals surface area contributed by atoms with E-state index < -0.39 is 5.60 Å². The molecule has 2 saturated heterocycles. The molecule has 3 aliphatic rings. The molecule has 2 unspecified atom stereocenters. The predicted octanol–water partition coefficient (Wildman–Crippen LogP) is 0.497. The molecule has 0 N–H and O–H groups in total. The van der Waals surface area contributed by atoms with Crippen LogP contribution in [-0.4, -0.2) is 38.0 Å². The van der Waals surface area contributed by atoms with Crippen molar-refractivity contribution in [1.82, 2.24) is 0 Å². The Bertz CT molecular complexity index is 274. The van der Waals surface area contributed by atoms with E-state index in [0.717, 1.165) is 13.0 Å². The van der Waals surface area contributed by atoms with Crippen molar-refractivity contribution in [3.63, 3.8) is 0 Å². The molecule has 0 aromatic carbocycles. The van der Waals surface area contributed by atoms with E-state index in [1.807, 2.05) is 0 Å². The van der Waals surface area contributed by atoms with Gasteiger partial charge in [0.25, 0.3) is 0 Å². The third-order valence-electron chi connectivity index (χ3n) is 3.60. The standard InChI is InChI=1S/C10H14O4/c1-12-8(11)10(6-14-10)5-9(2-3-9)7-4-13-7/h7H,2-6H2,1H3. The van der Waals surface area contributed by atoms with Gasteiger partial charge in [0.2, 0.25) is 0 Å². The summed E-state index contributed by atoms with van der Waals surface area (Å²) in [6.45, 7) is 1.38. The number of epoxide rings is 2. The van der Waals surface area contributed by atoms with E-state index in [4.69, 9.17) is 14.2 Å². The maximum atomic E-state index is 11.5. The molecule has 14 heavy (non-hydrogen) atoms. The van der Waals surface area contributed by atoms with Crippen LogP contribution in [0.25, 0.3) is 0 Å². The van der Waals surface area contributed by atoms with Gasteiger partial charge in [-0.15, -0.1) is 0 Å². The second-order valence-corrected chi connectivity index (χ2v) is 4.64. The normalized spacial score (nSPS) is 41.6. The minimum absolute atomic E-state index is 0.218. The van der Waals surface area contributed by atoms with Crippen molar-refractivity contribution < 1.29 is 19.0 Å². The molecule has 0 amide bonds. The highest BCUT2D eigenvalue weighted by atomic mass is 16.6. The summed E-state index contributed by atoms with van der Waals surface area (Å²) in [5, 5.41) is 0. The molecule has 0 bridgehead atoms. The fraction of sp³-hybridized carbons (Fsp3) is 0.900. The number of ether oxygens (including phenoxy) is 3. The van der Waals surface area contributed by atoms with E-state index in [9.17, 15) is 4.79 Å². The van der Waals surface area contributed by atoms with E-state index in [1.54, 1.807) is 0 Å². The average molecular weight is 198 g/mol. The fourth-order valence-corrected chi connectivity index (χ4v) is 2.31. The minimum Gasteiger partial charge on any atom is -0.467 e. The van der Waals surface area contributed by atoms with Crippen LogP contribution in [0.5, 0.6) is 0 Å². The fourth-order valence-electron chi connectivity index (χ4n) is 2.31. The zero-order valence-electron chi connectivity index (χ0n) is 8.25. The smallest absolute Gasteiger partial charge is 0.340 e. The van der Waals surface area contributed by atoms with E-state index in [-0.39, 0.29) is 11.4 Å². The topological polar surface area (TPSA) is 51.4 Å². The zero-order chi connectivity index (χ0) is 9.81. The largest absolute Gasteiger partial charge is 0.467 e. The van der Waals surface area contributed by atoms with Crippen LogP contribution in [0.2, 0.25) is 0 Å². The number of esters is 1. The summed E-state index contributed by atoms with van der Waals surface area (Å²) < 4.78 is 15.3. The van der Waals surface area contributed by atoms with Crippen molar-refractivity contribution in [1.29, 1.82) is 0 Å². The summed E-state index contributed by atoms with van der Waals surface area (Å²) in [5.74, 6) is -0.218. The van der Waals surface area contributed by atoms with Gasteiger partial charge >= 0.3 is 5.97 Å². The lowest BCUT2D eigenvalue weighted by molar-refractivity contribution is -0.147. The molecule has 3 fully saturated rings. The summed E-state index contributed by atoms with van der Waals surface area (Å²) in [4.78, 5) is 11.5. The molecule has 1 aliphatic carbocycles. The number of hydrogen-bond acceptors (Lipinski definition) is 4. The number of rotatable bonds is 4. The number of methoxy groups -OCH3 is 1. The second-order valence-electron chi connectivity index (χ2n) is 4.64. The first-order valence-electron chi connectivity index (χ1n) is 5.05. The molecule has 0 aromatic rings. The zero-order valence-corrected chi connectivity index (χ0v) is 8.25. The van der Waals surface area contributed by atoms with Crippen LogP contribution >= 0.6 is 0 Å². The molecular weight excluding hydrogens is 184 g/mol. The van der Waals surface area contributed by atoms with Crippen LogP contribution in [-0.2, 0) is 19.0 Å². The van der Waals surface area contributed by atoms with E-state index in [1.165, 1.54) is 20.0 Å². The Morgan fingerprint density at radius 1 is 1.57 bits per heavy atom. The summed E-state index contributed by atoms with van der Waals surface area (Å²) >= 11 is 0. The predicted molar refractivity (Wildman–Crippen MR) is 46.7 cm³/mol. The maximum absolute atomic E-state index is 11.5. The Morgan fingerprint density at radius 2 is 2.21 bits per heavy atom. The molecule has 0 radical (unpaired) electrons. The first kappa shape index (κ1) is 8.68. The van der Waals surface area contributed by atoms with Gasteiger partial charge in [0.1, 0.15) is 0 Å². The van der Waals surface area contributed by atoms with Crippen LogP contribution < -0.4 is 0 Å². The summed E-state index contributed by atoms with van der Waals surface area (Å²) in [6.07, 6.45) is 3.50. The molecule has 0 spiro atoms. The Balaban J connectivity index is 1.69. The second kappa shape index (κ2) is 2.49. The lowest BCUT2D eigenvalue weighted by atomic mass is 9.89. The molecule has 2 heterocycles. The first-order chi connectivity index (χ1) is 6.71. The van der Waals surface area contributed by atoms with Gasteiger partial charge in [-0.3, -0.25) is 0 Å². The molecule has 1 saturated carbocycles. The molecule has 78 valence electrons. The van der Waals surface area contributed by atoms with Gasteiger partial charge < -0.3 is 14.2 Å². The SMILES string of the molecule is COC(=O)C1(CC2(C3CO3)CC2)CO1. The molecule has 4 heteroatoms. The lowest BCUT2D eigenvalue weighted by Gasteiger charge is -2.16. The third kappa shape index (κ3) is 1.17. The maximum Gasteiger partial charge on any atom is 0.340 e. The van der Waals surface area contributed by atoms with Gasteiger partial charge in [0.15, 0.2) is 5.60 Å². The highest BCUT2D eigenvalue weighted by Gasteiger charge is 2.65. The van der Waals surface area contributed by atoms with Gasteiger partial charge in [-0.1, -0.05) is 0 Å². The molecule has 0 aromatic heterocycles. The van der Waals surface area contributed by atoms with Crippen LogP contribution in [0.15, 0.2) is 0 Å². The molecule has 4 nitrogen and oxygen atoms in total. The highest BCUT2D eigenvalue weighted by molar-refractivity contribution is 5.82. The Morgan fingerprint density at radius 3 is 2.57 bits per heavy atom. The lowest BCUT2D eigenvalue weighted by Crippen LogP contribution is -2.31. The van der Waals surface area contributed by atoms with Crippen LogP contribution in [0.4, 0.5) is 0 Å². The Hall–Kier alpha value is -0.610. The number of hydrogen-bond donors (Lipinski definition) is 0. The van der Waals surface area contributed by atoms with Crippen molar-refractivity contribution in [2.45, 2.75) is 31.0 Å². The van der Waals surface area contributed by atoms with Crippen molar-refractivity contribution >= 4 is 5.97 Å². The van der Waals surface area contributed by atoms with E-state index >= 15 is 0 Å². The van der Waals surface area contributed by atoms with Crippen LogP contribution in [0.3, 0.4) is 0 Å². The van der Waals surface area contributed by atoms with Crippen LogP contribution in [0.1, 0.15) is 19.3 Å². The quantitative estimate of drug-likeness (QED) is 0.487. The van der Waals surface area contributed by atoms with Gasteiger partial charge in [-0.2, -0.15) is 0 Å². The molecular formula is C10H14O4. The Labute approximate surface area is 82.5 Å². The first-order valence-corrected chi connectivity index (χ1v) is 5.05. The summed E-state index contributed by atoms with van der Waals surface area (Å²) in [7, 11) is 1.42. The van der Waals surface area contributed by atoms with Gasteiger partial charge in [-0.05, 0) is 19.3 Å². The van der Waals surface area contributed by atoms with Crippen molar-refractivity contribution in [3.05, 3.63) is 0 Å². The molecule has 2 atom stereocenters. The van der Waals surface area contributed by atoms with Crippen molar-refractivity contribution in [2.75, 3.05) is 20.3 Å². The van der Waals surface area contributed by atoms with Crippen LogP contribution in [0, 0.1) is 5.41 Å². The highest BCUT2D eigenvalue weighted by Crippen LogP contribution is 2.60. The molecule has 3 rings (SSSR count). The van der Waals surface area contributed by atoms with Gasteiger partial charge in [0.05, 0.1) is 26.4 Å². The minimum atomic E-state index is -0.614. The van der Waals surface area contributed by atoms with Crippen molar-refractivity contribution in [3.8, 4) is 0 Å². The average Bonchev–Trinajstić information content (AvgIpc) is 2.95. The molecule has 2 aliphatic heterocycles. The third-order valence-corrected chi connectivity index (χ3v) is 3.60. The van der Waals surface area contributed by atoms with Gasteiger partial charge in [0, 0.05) is 5.41 Å². The van der Waals surface area contributed by atoms with Gasteiger partial charge in [-0.25, -0.2) is 4.79 Å². The monoisotopic (exact) mass is 198 g/mol. The van der Waals surface area contributed by atoms with E-state index in [0.29, 0.717) is 12.7 Å². The van der Waals surface area contributed by atoms with E-state index in [2.05, 4.69) is 0 Å². The number of carbonyl (C=O) groups excluding carboxylic acids is 1. The number of carbonyl (C=O) groups is 1. The summed E-state index contributed by atoms with van der Waals surface area (Å²) in [5.41, 5.74) is -0.373.